The topological polar surface area (TPSA) is 46.2 Å². The molecule has 1 rings (SSSR count). The fourth-order valence-electron chi connectivity index (χ4n) is 1.50. The lowest BCUT2D eigenvalue weighted by Gasteiger charge is -2.11. The van der Waals surface area contributed by atoms with Crippen LogP contribution < -0.4 is 5.32 Å². The van der Waals surface area contributed by atoms with Crippen LogP contribution in [0.15, 0.2) is 18.2 Å². The van der Waals surface area contributed by atoms with Crippen LogP contribution in [0, 0.1) is 12.8 Å². The summed E-state index contributed by atoms with van der Waals surface area (Å²) in [5.74, 6) is 0.153. The van der Waals surface area contributed by atoms with E-state index in [2.05, 4.69) is 5.32 Å². The first-order valence-corrected chi connectivity index (χ1v) is 5.45. The van der Waals surface area contributed by atoms with E-state index >= 15 is 0 Å². The van der Waals surface area contributed by atoms with Crippen LogP contribution in [-0.4, -0.2) is 12.2 Å². The molecule has 0 spiro atoms. The molecule has 1 amide bonds. The average molecular weight is 219 g/mol. The predicted octanol–water partition coefficient (Wildman–Crippen LogP) is 2.79. The third kappa shape index (κ3) is 2.69. The Labute approximate surface area is 95.9 Å². The van der Waals surface area contributed by atoms with E-state index in [4.69, 9.17) is 0 Å². The lowest BCUT2D eigenvalue weighted by molar-refractivity contribution is -0.105. The van der Waals surface area contributed by atoms with Gasteiger partial charge in [-0.25, -0.2) is 0 Å². The standard InChI is InChI=1S/C13H17NO2/c1-4-9(2)13(16)12-7-11(14-8-15)6-5-10(12)3/h5-9H,4H2,1-3H3,(H,14,15). The Kier molecular flexibility index (Phi) is 4.23. The van der Waals surface area contributed by atoms with Crippen molar-refractivity contribution in [3.63, 3.8) is 0 Å². The molecule has 1 unspecified atom stereocenters. The summed E-state index contributed by atoms with van der Waals surface area (Å²) < 4.78 is 0. The van der Waals surface area contributed by atoms with Gasteiger partial charge in [0.1, 0.15) is 0 Å². The number of Topliss-reactive ketones (excluding diaryl/α,β-unsaturated/α-hetero) is 1. The molecular formula is C13H17NO2. The van der Waals surface area contributed by atoms with Gasteiger partial charge in [0.15, 0.2) is 5.78 Å². The van der Waals surface area contributed by atoms with Crippen LogP contribution >= 0.6 is 0 Å². The van der Waals surface area contributed by atoms with E-state index < -0.39 is 0 Å². The molecule has 3 heteroatoms. The van der Waals surface area contributed by atoms with Gasteiger partial charge in [-0.05, 0) is 31.0 Å². The van der Waals surface area contributed by atoms with Crippen LogP contribution in [0.2, 0.25) is 0 Å². The van der Waals surface area contributed by atoms with Crippen molar-refractivity contribution in [3.8, 4) is 0 Å². The first-order chi connectivity index (χ1) is 7.60. The minimum absolute atomic E-state index is 0.0187. The number of aryl methyl sites for hydroxylation is 1. The number of rotatable bonds is 5. The zero-order valence-corrected chi connectivity index (χ0v) is 9.91. The monoisotopic (exact) mass is 219 g/mol. The van der Waals surface area contributed by atoms with E-state index in [1.165, 1.54) is 0 Å². The summed E-state index contributed by atoms with van der Waals surface area (Å²) in [7, 11) is 0. The lowest BCUT2D eigenvalue weighted by atomic mass is 9.94. The molecule has 3 nitrogen and oxygen atoms in total. The normalized spacial score (nSPS) is 11.9. The first-order valence-electron chi connectivity index (χ1n) is 5.45. The number of hydrogen-bond acceptors (Lipinski definition) is 2. The minimum Gasteiger partial charge on any atom is -0.329 e. The van der Waals surface area contributed by atoms with Gasteiger partial charge >= 0.3 is 0 Å². The number of ketones is 1. The van der Waals surface area contributed by atoms with E-state index in [0.29, 0.717) is 17.7 Å². The summed E-state index contributed by atoms with van der Waals surface area (Å²) >= 11 is 0. The first kappa shape index (κ1) is 12.4. The highest BCUT2D eigenvalue weighted by molar-refractivity contribution is 6.00. The Balaban J connectivity index is 3.06. The Bertz CT molecular complexity index is 399. The van der Waals surface area contributed by atoms with E-state index in [0.717, 1.165) is 12.0 Å². The highest BCUT2D eigenvalue weighted by Crippen LogP contribution is 2.19. The van der Waals surface area contributed by atoms with Crippen molar-refractivity contribution in [2.45, 2.75) is 27.2 Å². The van der Waals surface area contributed by atoms with Gasteiger partial charge in [-0.2, -0.15) is 0 Å². The summed E-state index contributed by atoms with van der Waals surface area (Å²) in [5, 5.41) is 2.55. The average Bonchev–Trinajstić information content (AvgIpc) is 2.30. The van der Waals surface area contributed by atoms with Gasteiger partial charge in [0, 0.05) is 17.2 Å². The van der Waals surface area contributed by atoms with Gasteiger partial charge < -0.3 is 5.32 Å². The Morgan fingerprint density at radius 1 is 1.50 bits per heavy atom. The van der Waals surface area contributed by atoms with Crippen LogP contribution in [0.1, 0.15) is 36.2 Å². The smallest absolute Gasteiger partial charge is 0.211 e. The molecule has 1 atom stereocenters. The number of nitrogens with one attached hydrogen (secondary N) is 1. The summed E-state index contributed by atoms with van der Waals surface area (Å²) in [4.78, 5) is 22.4. The van der Waals surface area contributed by atoms with Gasteiger partial charge in [0.2, 0.25) is 6.41 Å². The second-order valence-electron chi connectivity index (χ2n) is 3.97. The molecule has 0 heterocycles. The van der Waals surface area contributed by atoms with Crippen LogP contribution in [0.3, 0.4) is 0 Å². The maximum atomic E-state index is 12.0. The van der Waals surface area contributed by atoms with Crippen molar-refractivity contribution in [1.29, 1.82) is 0 Å². The summed E-state index contributed by atoms with van der Waals surface area (Å²) in [6, 6.07) is 5.37. The maximum absolute atomic E-state index is 12.0. The fourth-order valence-corrected chi connectivity index (χ4v) is 1.50. The highest BCUT2D eigenvalue weighted by atomic mass is 16.1. The zero-order valence-electron chi connectivity index (χ0n) is 9.91. The number of carbonyl (C=O) groups is 2. The van der Waals surface area contributed by atoms with Gasteiger partial charge in [0.05, 0.1) is 0 Å². The molecule has 1 aromatic carbocycles. The Morgan fingerprint density at radius 2 is 2.19 bits per heavy atom. The fraction of sp³-hybridized carbons (Fsp3) is 0.385. The molecule has 0 saturated heterocycles. The number of benzene rings is 1. The summed E-state index contributed by atoms with van der Waals surface area (Å²) in [6.07, 6.45) is 1.44. The van der Waals surface area contributed by atoms with Crippen molar-refractivity contribution < 1.29 is 9.59 Å². The second-order valence-corrected chi connectivity index (χ2v) is 3.97. The summed E-state index contributed by atoms with van der Waals surface area (Å²) in [6.45, 7) is 5.81. The van der Waals surface area contributed by atoms with E-state index in [-0.39, 0.29) is 11.7 Å². The number of anilines is 1. The molecule has 0 radical (unpaired) electrons. The van der Waals surface area contributed by atoms with Gasteiger partial charge in [-0.15, -0.1) is 0 Å². The van der Waals surface area contributed by atoms with Crippen molar-refractivity contribution in [2.24, 2.45) is 5.92 Å². The van der Waals surface area contributed by atoms with E-state index in [1.54, 1.807) is 12.1 Å². The number of amides is 1. The molecule has 0 bridgehead atoms. The SMILES string of the molecule is CCC(C)C(=O)c1cc(NC=O)ccc1C. The molecule has 1 aromatic rings. The molecule has 1 N–H and O–H groups in total. The lowest BCUT2D eigenvalue weighted by Crippen LogP contribution is -2.12. The van der Waals surface area contributed by atoms with Crippen molar-refractivity contribution in [2.75, 3.05) is 5.32 Å². The molecule has 0 fully saturated rings. The molecule has 0 aromatic heterocycles. The van der Waals surface area contributed by atoms with Crippen LogP contribution in [0.5, 0.6) is 0 Å². The zero-order chi connectivity index (χ0) is 12.1. The van der Waals surface area contributed by atoms with Crippen LogP contribution in [-0.2, 0) is 4.79 Å². The maximum Gasteiger partial charge on any atom is 0.211 e. The molecule has 0 aliphatic heterocycles. The van der Waals surface area contributed by atoms with Crippen molar-refractivity contribution >= 4 is 17.9 Å². The Hall–Kier alpha value is -1.64. The Morgan fingerprint density at radius 3 is 2.75 bits per heavy atom. The molecular weight excluding hydrogens is 202 g/mol. The molecule has 16 heavy (non-hydrogen) atoms. The second kappa shape index (κ2) is 5.45. The molecule has 0 aliphatic rings. The summed E-state index contributed by atoms with van der Waals surface area (Å²) in [5.41, 5.74) is 2.30. The van der Waals surface area contributed by atoms with E-state index in [9.17, 15) is 9.59 Å². The van der Waals surface area contributed by atoms with Gasteiger partial charge in [-0.3, -0.25) is 9.59 Å². The molecule has 0 saturated carbocycles. The van der Waals surface area contributed by atoms with Gasteiger partial charge in [0.25, 0.3) is 0 Å². The third-order valence-electron chi connectivity index (χ3n) is 2.79. The van der Waals surface area contributed by atoms with Crippen LogP contribution in [0.25, 0.3) is 0 Å². The third-order valence-corrected chi connectivity index (χ3v) is 2.79. The molecule has 86 valence electrons. The number of carbonyl (C=O) groups excluding carboxylic acids is 2. The van der Waals surface area contributed by atoms with E-state index in [1.807, 2.05) is 26.8 Å². The van der Waals surface area contributed by atoms with Crippen molar-refractivity contribution in [1.82, 2.24) is 0 Å². The minimum atomic E-state index is 0.0187. The largest absolute Gasteiger partial charge is 0.329 e. The number of hydrogen-bond donors (Lipinski definition) is 1. The van der Waals surface area contributed by atoms with Crippen molar-refractivity contribution in [3.05, 3.63) is 29.3 Å². The highest BCUT2D eigenvalue weighted by Gasteiger charge is 2.15. The quantitative estimate of drug-likeness (QED) is 0.611. The molecule has 0 aliphatic carbocycles. The van der Waals surface area contributed by atoms with Gasteiger partial charge in [-0.1, -0.05) is 19.9 Å². The van der Waals surface area contributed by atoms with Crippen LogP contribution in [0.4, 0.5) is 5.69 Å². The predicted molar refractivity (Wildman–Crippen MR) is 64.7 cm³/mol.